The molecule has 0 aliphatic carbocycles. The maximum Gasteiger partial charge on any atom is 0.573 e. The van der Waals surface area contributed by atoms with Gasteiger partial charge in [0, 0.05) is 18.1 Å². The van der Waals surface area contributed by atoms with Gasteiger partial charge in [0.05, 0.1) is 12.7 Å². The molecular formula is C17H15BrF3NO3. The van der Waals surface area contributed by atoms with E-state index >= 15 is 0 Å². The van der Waals surface area contributed by atoms with E-state index < -0.39 is 6.36 Å². The van der Waals surface area contributed by atoms with Gasteiger partial charge < -0.3 is 14.4 Å². The quantitative estimate of drug-likeness (QED) is 0.711. The van der Waals surface area contributed by atoms with Crippen LogP contribution in [0.5, 0.6) is 11.5 Å². The SMILES string of the molecule is COc1ccc(Br)c(C(=O)N(C)Cc2ccc(OC(F)(F)F)cc2)c1. The molecule has 0 heterocycles. The molecule has 2 rings (SSSR count). The summed E-state index contributed by atoms with van der Waals surface area (Å²) in [5.74, 6) is -0.00392. The van der Waals surface area contributed by atoms with Crippen molar-refractivity contribution in [3.8, 4) is 11.5 Å². The Morgan fingerprint density at radius 2 is 1.72 bits per heavy atom. The van der Waals surface area contributed by atoms with Crippen LogP contribution in [0.1, 0.15) is 15.9 Å². The molecule has 0 saturated carbocycles. The molecule has 2 aromatic rings. The van der Waals surface area contributed by atoms with Crippen molar-refractivity contribution in [1.82, 2.24) is 4.90 Å². The van der Waals surface area contributed by atoms with Crippen LogP contribution in [0.4, 0.5) is 13.2 Å². The molecule has 4 nitrogen and oxygen atoms in total. The van der Waals surface area contributed by atoms with Gasteiger partial charge in [-0.15, -0.1) is 13.2 Å². The number of hydrogen-bond donors (Lipinski definition) is 0. The zero-order chi connectivity index (χ0) is 18.6. The van der Waals surface area contributed by atoms with Gasteiger partial charge in [-0.05, 0) is 51.8 Å². The first-order valence-electron chi connectivity index (χ1n) is 7.13. The van der Waals surface area contributed by atoms with Crippen molar-refractivity contribution in [2.24, 2.45) is 0 Å². The number of rotatable bonds is 5. The van der Waals surface area contributed by atoms with E-state index in [-0.39, 0.29) is 18.2 Å². The minimum Gasteiger partial charge on any atom is -0.497 e. The van der Waals surface area contributed by atoms with Crippen molar-refractivity contribution in [1.29, 1.82) is 0 Å². The van der Waals surface area contributed by atoms with Gasteiger partial charge in [0.2, 0.25) is 0 Å². The average molecular weight is 418 g/mol. The second-order valence-electron chi connectivity index (χ2n) is 5.20. The topological polar surface area (TPSA) is 38.8 Å². The summed E-state index contributed by atoms with van der Waals surface area (Å²) >= 11 is 3.33. The number of hydrogen-bond acceptors (Lipinski definition) is 3. The third-order valence-electron chi connectivity index (χ3n) is 3.33. The highest BCUT2D eigenvalue weighted by atomic mass is 79.9. The minimum atomic E-state index is -4.73. The Labute approximate surface area is 151 Å². The van der Waals surface area contributed by atoms with Crippen LogP contribution in [0.15, 0.2) is 46.9 Å². The van der Waals surface area contributed by atoms with Gasteiger partial charge in [-0.1, -0.05) is 12.1 Å². The Balaban J connectivity index is 2.09. The van der Waals surface area contributed by atoms with Crippen LogP contribution in [-0.4, -0.2) is 31.3 Å². The molecule has 0 aromatic heterocycles. The number of nitrogens with zero attached hydrogens (tertiary/aromatic N) is 1. The Morgan fingerprint density at radius 3 is 2.28 bits per heavy atom. The molecule has 2 aromatic carbocycles. The maximum absolute atomic E-state index is 12.6. The Bertz CT molecular complexity index is 748. The second-order valence-corrected chi connectivity index (χ2v) is 6.05. The van der Waals surface area contributed by atoms with E-state index in [1.165, 1.54) is 36.3 Å². The third-order valence-corrected chi connectivity index (χ3v) is 4.02. The lowest BCUT2D eigenvalue weighted by Crippen LogP contribution is -2.26. The summed E-state index contributed by atoms with van der Waals surface area (Å²) in [5, 5.41) is 0. The van der Waals surface area contributed by atoms with Crippen molar-refractivity contribution < 1.29 is 27.4 Å². The number of methoxy groups -OCH3 is 1. The van der Waals surface area contributed by atoms with Gasteiger partial charge in [-0.25, -0.2) is 0 Å². The van der Waals surface area contributed by atoms with Gasteiger partial charge in [-0.3, -0.25) is 4.79 Å². The highest BCUT2D eigenvalue weighted by Gasteiger charge is 2.31. The summed E-state index contributed by atoms with van der Waals surface area (Å²) in [7, 11) is 3.11. The first-order valence-corrected chi connectivity index (χ1v) is 7.92. The fourth-order valence-corrected chi connectivity index (χ4v) is 2.56. The Kier molecular flexibility index (Phi) is 5.94. The molecule has 0 saturated heterocycles. The molecule has 0 N–H and O–H groups in total. The monoisotopic (exact) mass is 417 g/mol. The number of amides is 1. The fraction of sp³-hybridized carbons (Fsp3) is 0.235. The van der Waals surface area contributed by atoms with E-state index in [1.54, 1.807) is 25.2 Å². The number of halogens is 4. The Morgan fingerprint density at radius 1 is 1.12 bits per heavy atom. The summed E-state index contributed by atoms with van der Waals surface area (Å²) in [6.07, 6.45) is -4.73. The first kappa shape index (κ1) is 19.1. The summed E-state index contributed by atoms with van der Waals surface area (Å²) < 4.78 is 46.0. The lowest BCUT2D eigenvalue weighted by molar-refractivity contribution is -0.274. The molecule has 1 amide bonds. The molecule has 0 fully saturated rings. The molecule has 0 unspecified atom stereocenters. The number of carbonyl (C=O) groups is 1. The number of benzene rings is 2. The van der Waals surface area contributed by atoms with E-state index in [0.717, 1.165) is 0 Å². The minimum absolute atomic E-state index is 0.231. The summed E-state index contributed by atoms with van der Waals surface area (Å²) in [5.41, 5.74) is 1.10. The molecule has 0 aliphatic heterocycles. The van der Waals surface area contributed by atoms with Crippen LogP contribution in [0, 0.1) is 0 Å². The molecule has 134 valence electrons. The van der Waals surface area contributed by atoms with Crippen LogP contribution in [0.2, 0.25) is 0 Å². The zero-order valence-corrected chi connectivity index (χ0v) is 15.0. The second kappa shape index (κ2) is 7.77. The highest BCUT2D eigenvalue weighted by molar-refractivity contribution is 9.10. The van der Waals surface area contributed by atoms with Crippen LogP contribution >= 0.6 is 15.9 Å². The number of alkyl halides is 3. The van der Waals surface area contributed by atoms with Gasteiger partial charge in [0.15, 0.2) is 0 Å². The standard InChI is InChI=1S/C17H15BrF3NO3/c1-22(16(23)14-9-13(24-2)7-8-15(14)18)10-11-3-5-12(6-4-11)25-17(19,20)21/h3-9H,10H2,1-2H3. The molecular weight excluding hydrogens is 403 g/mol. The highest BCUT2D eigenvalue weighted by Crippen LogP contribution is 2.25. The predicted molar refractivity (Wildman–Crippen MR) is 89.6 cm³/mol. The normalized spacial score (nSPS) is 11.1. The maximum atomic E-state index is 12.6. The van der Waals surface area contributed by atoms with Crippen molar-refractivity contribution in [2.75, 3.05) is 14.2 Å². The third kappa shape index (κ3) is 5.38. The molecule has 0 bridgehead atoms. The summed E-state index contributed by atoms with van der Waals surface area (Å²) in [6.45, 7) is 0.231. The van der Waals surface area contributed by atoms with Gasteiger partial charge in [0.1, 0.15) is 11.5 Å². The lowest BCUT2D eigenvalue weighted by Gasteiger charge is -2.19. The van der Waals surface area contributed by atoms with Crippen LogP contribution in [-0.2, 0) is 6.54 Å². The molecule has 0 atom stereocenters. The average Bonchev–Trinajstić information content (AvgIpc) is 2.55. The molecule has 25 heavy (non-hydrogen) atoms. The van der Waals surface area contributed by atoms with E-state index in [2.05, 4.69) is 20.7 Å². The van der Waals surface area contributed by atoms with E-state index in [0.29, 0.717) is 21.3 Å². The van der Waals surface area contributed by atoms with Crippen molar-refractivity contribution in [2.45, 2.75) is 12.9 Å². The summed E-state index contributed by atoms with van der Waals surface area (Å²) in [4.78, 5) is 14.0. The molecule has 8 heteroatoms. The molecule has 0 spiro atoms. The van der Waals surface area contributed by atoms with E-state index in [4.69, 9.17) is 4.74 Å². The Hall–Kier alpha value is -2.22. The van der Waals surface area contributed by atoms with Gasteiger partial charge in [-0.2, -0.15) is 0 Å². The predicted octanol–water partition coefficient (Wildman–Crippen LogP) is 4.63. The smallest absolute Gasteiger partial charge is 0.497 e. The van der Waals surface area contributed by atoms with Crippen LogP contribution < -0.4 is 9.47 Å². The van der Waals surface area contributed by atoms with E-state index in [1.807, 2.05) is 0 Å². The van der Waals surface area contributed by atoms with Crippen LogP contribution in [0.3, 0.4) is 0 Å². The number of ether oxygens (including phenoxy) is 2. The van der Waals surface area contributed by atoms with Crippen molar-refractivity contribution >= 4 is 21.8 Å². The first-order chi connectivity index (χ1) is 11.7. The zero-order valence-electron chi connectivity index (χ0n) is 13.4. The fourth-order valence-electron chi connectivity index (χ4n) is 2.14. The van der Waals surface area contributed by atoms with Crippen molar-refractivity contribution in [3.05, 3.63) is 58.1 Å². The van der Waals surface area contributed by atoms with Crippen molar-refractivity contribution in [3.63, 3.8) is 0 Å². The molecule has 0 radical (unpaired) electrons. The molecule has 0 aliphatic rings. The van der Waals surface area contributed by atoms with E-state index in [9.17, 15) is 18.0 Å². The largest absolute Gasteiger partial charge is 0.573 e. The number of carbonyl (C=O) groups excluding carboxylic acids is 1. The summed E-state index contributed by atoms with van der Waals surface area (Å²) in [6, 6.07) is 10.4. The van der Waals surface area contributed by atoms with Gasteiger partial charge >= 0.3 is 6.36 Å². The van der Waals surface area contributed by atoms with Crippen LogP contribution in [0.25, 0.3) is 0 Å². The van der Waals surface area contributed by atoms with Gasteiger partial charge in [0.25, 0.3) is 5.91 Å². The lowest BCUT2D eigenvalue weighted by atomic mass is 10.1.